The normalized spacial score (nSPS) is 10.5. The van der Waals surface area contributed by atoms with E-state index in [1.807, 2.05) is 12.1 Å². The van der Waals surface area contributed by atoms with Crippen LogP contribution >= 0.6 is 23.4 Å². The number of halogens is 1. The number of hydrogen-bond acceptors (Lipinski definition) is 8. The molecule has 152 valence electrons. The van der Waals surface area contributed by atoms with E-state index in [0.717, 1.165) is 23.1 Å². The number of methoxy groups -OCH3 is 3. The van der Waals surface area contributed by atoms with Crippen LogP contribution in [0.3, 0.4) is 0 Å². The van der Waals surface area contributed by atoms with Gasteiger partial charge in [0.1, 0.15) is 17.2 Å². The van der Waals surface area contributed by atoms with Crippen LogP contribution in [0, 0.1) is 0 Å². The van der Waals surface area contributed by atoms with E-state index in [2.05, 4.69) is 15.5 Å². The Labute approximate surface area is 176 Å². The van der Waals surface area contributed by atoms with Gasteiger partial charge in [0, 0.05) is 11.6 Å². The third-order valence-electron chi connectivity index (χ3n) is 3.82. The van der Waals surface area contributed by atoms with Gasteiger partial charge in [-0.3, -0.25) is 4.79 Å². The number of ether oxygens (including phenoxy) is 3. The van der Waals surface area contributed by atoms with Crippen LogP contribution in [0.5, 0.6) is 17.2 Å². The molecule has 0 spiro atoms. The second-order valence-electron chi connectivity index (χ2n) is 5.63. The van der Waals surface area contributed by atoms with Crippen molar-refractivity contribution in [2.45, 2.75) is 5.22 Å². The summed E-state index contributed by atoms with van der Waals surface area (Å²) >= 11 is 7.24. The second-order valence-corrected chi connectivity index (χ2v) is 6.96. The zero-order chi connectivity index (χ0) is 20.8. The Kier molecular flexibility index (Phi) is 6.84. The van der Waals surface area contributed by atoms with E-state index in [-0.39, 0.29) is 16.9 Å². The zero-order valence-electron chi connectivity index (χ0n) is 15.9. The van der Waals surface area contributed by atoms with E-state index in [1.54, 1.807) is 31.4 Å². The lowest BCUT2D eigenvalue weighted by Gasteiger charge is -2.12. The van der Waals surface area contributed by atoms with Crippen LogP contribution in [0.4, 0.5) is 5.69 Å². The molecular formula is C19H18ClN3O5S. The van der Waals surface area contributed by atoms with Crippen LogP contribution in [0.2, 0.25) is 5.02 Å². The maximum Gasteiger partial charge on any atom is 0.277 e. The van der Waals surface area contributed by atoms with Crippen molar-refractivity contribution in [1.82, 2.24) is 10.2 Å². The predicted molar refractivity (Wildman–Crippen MR) is 110 cm³/mol. The standard InChI is InChI=1S/C19H18ClN3O5S/c1-25-12-6-4-11(5-7-12)18-22-23-19(28-18)29-10-17(24)21-14-8-13(20)15(26-2)9-16(14)27-3/h4-9H,10H2,1-3H3,(H,21,24). The number of carbonyl (C=O) groups excluding carboxylic acids is 1. The monoisotopic (exact) mass is 435 g/mol. The van der Waals surface area contributed by atoms with Gasteiger partial charge >= 0.3 is 0 Å². The molecule has 0 aliphatic carbocycles. The molecule has 1 amide bonds. The zero-order valence-corrected chi connectivity index (χ0v) is 17.5. The van der Waals surface area contributed by atoms with Crippen LogP contribution < -0.4 is 19.5 Å². The molecule has 29 heavy (non-hydrogen) atoms. The molecule has 1 N–H and O–H groups in total. The lowest BCUT2D eigenvalue weighted by Crippen LogP contribution is -2.14. The highest BCUT2D eigenvalue weighted by molar-refractivity contribution is 7.99. The van der Waals surface area contributed by atoms with Gasteiger partial charge in [0.25, 0.3) is 5.22 Å². The highest BCUT2D eigenvalue weighted by Gasteiger charge is 2.15. The summed E-state index contributed by atoms with van der Waals surface area (Å²) in [6.07, 6.45) is 0. The molecule has 0 aliphatic rings. The minimum atomic E-state index is -0.279. The number of amides is 1. The Morgan fingerprint density at radius 2 is 1.79 bits per heavy atom. The Hall–Kier alpha value is -2.91. The molecule has 8 nitrogen and oxygen atoms in total. The summed E-state index contributed by atoms with van der Waals surface area (Å²) in [5.74, 6) is 1.76. The lowest BCUT2D eigenvalue weighted by atomic mass is 10.2. The molecule has 10 heteroatoms. The number of rotatable bonds is 8. The molecule has 0 saturated carbocycles. The number of aromatic nitrogens is 2. The van der Waals surface area contributed by atoms with Gasteiger partial charge in [-0.25, -0.2) is 0 Å². The third kappa shape index (κ3) is 5.12. The highest BCUT2D eigenvalue weighted by atomic mass is 35.5. The molecule has 2 aromatic carbocycles. The van der Waals surface area contributed by atoms with Gasteiger partial charge in [-0.1, -0.05) is 23.4 Å². The molecule has 0 unspecified atom stereocenters. The van der Waals surface area contributed by atoms with Crippen molar-refractivity contribution in [3.05, 3.63) is 41.4 Å². The highest BCUT2D eigenvalue weighted by Crippen LogP contribution is 2.36. The number of nitrogens with one attached hydrogen (secondary N) is 1. The second kappa shape index (κ2) is 9.53. The predicted octanol–water partition coefficient (Wildman–Crippen LogP) is 4.15. The van der Waals surface area contributed by atoms with E-state index >= 15 is 0 Å². The molecule has 3 aromatic rings. The van der Waals surface area contributed by atoms with Crippen molar-refractivity contribution < 1.29 is 23.4 Å². The Morgan fingerprint density at radius 3 is 2.45 bits per heavy atom. The molecule has 0 atom stereocenters. The summed E-state index contributed by atoms with van der Waals surface area (Å²) in [6.45, 7) is 0. The molecule has 0 saturated heterocycles. The van der Waals surface area contributed by atoms with Crippen LogP contribution in [-0.2, 0) is 4.79 Å². The van der Waals surface area contributed by atoms with Gasteiger partial charge in [-0.15, -0.1) is 10.2 Å². The summed E-state index contributed by atoms with van der Waals surface area (Å²) in [5, 5.41) is 11.3. The van der Waals surface area contributed by atoms with E-state index in [1.165, 1.54) is 14.2 Å². The Morgan fingerprint density at radius 1 is 1.07 bits per heavy atom. The Bertz CT molecular complexity index is 994. The largest absolute Gasteiger partial charge is 0.497 e. The Balaban J connectivity index is 1.61. The fourth-order valence-corrected chi connectivity index (χ4v) is 3.19. The molecular weight excluding hydrogens is 418 g/mol. The average Bonchev–Trinajstić information content (AvgIpc) is 3.21. The van der Waals surface area contributed by atoms with Crippen molar-refractivity contribution >= 4 is 35.0 Å². The number of nitrogens with zero attached hydrogens (tertiary/aromatic N) is 2. The van der Waals surface area contributed by atoms with Crippen molar-refractivity contribution in [1.29, 1.82) is 0 Å². The van der Waals surface area contributed by atoms with Crippen molar-refractivity contribution in [3.8, 4) is 28.7 Å². The van der Waals surface area contributed by atoms with E-state index < -0.39 is 0 Å². The fourth-order valence-electron chi connectivity index (χ4n) is 2.39. The maximum absolute atomic E-state index is 12.3. The lowest BCUT2D eigenvalue weighted by molar-refractivity contribution is -0.113. The SMILES string of the molecule is COc1ccc(-c2nnc(SCC(=O)Nc3cc(Cl)c(OC)cc3OC)o2)cc1. The summed E-state index contributed by atoms with van der Waals surface area (Å²) < 4.78 is 21.1. The first-order valence-electron chi connectivity index (χ1n) is 8.36. The number of carbonyl (C=O) groups is 1. The maximum atomic E-state index is 12.3. The molecule has 0 aliphatic heterocycles. The molecule has 0 bridgehead atoms. The van der Waals surface area contributed by atoms with E-state index in [4.69, 9.17) is 30.2 Å². The average molecular weight is 436 g/mol. The van der Waals surface area contributed by atoms with E-state index in [9.17, 15) is 4.79 Å². The summed E-state index contributed by atoms with van der Waals surface area (Å²) in [4.78, 5) is 12.3. The van der Waals surface area contributed by atoms with Crippen molar-refractivity contribution in [2.24, 2.45) is 0 Å². The number of anilines is 1. The van der Waals surface area contributed by atoms with Gasteiger partial charge in [0.05, 0.1) is 37.8 Å². The molecule has 0 fully saturated rings. The van der Waals surface area contributed by atoms with Gasteiger partial charge in [0.2, 0.25) is 11.8 Å². The summed E-state index contributed by atoms with van der Waals surface area (Å²) in [6, 6.07) is 10.4. The third-order valence-corrected chi connectivity index (χ3v) is 4.93. The summed E-state index contributed by atoms with van der Waals surface area (Å²) in [5.41, 5.74) is 1.19. The first-order valence-corrected chi connectivity index (χ1v) is 9.72. The fraction of sp³-hybridized carbons (Fsp3) is 0.211. The van der Waals surface area contributed by atoms with Crippen molar-refractivity contribution in [2.75, 3.05) is 32.4 Å². The topological polar surface area (TPSA) is 95.7 Å². The first-order chi connectivity index (χ1) is 14.0. The number of benzene rings is 2. The smallest absolute Gasteiger partial charge is 0.277 e. The molecule has 3 rings (SSSR count). The molecule has 1 aromatic heterocycles. The van der Waals surface area contributed by atoms with Crippen LogP contribution in [0.1, 0.15) is 0 Å². The minimum Gasteiger partial charge on any atom is -0.497 e. The van der Waals surface area contributed by atoms with Crippen LogP contribution in [0.15, 0.2) is 46.0 Å². The van der Waals surface area contributed by atoms with Gasteiger partial charge in [0.15, 0.2) is 0 Å². The number of hydrogen-bond donors (Lipinski definition) is 1. The van der Waals surface area contributed by atoms with Crippen LogP contribution in [-0.4, -0.2) is 43.2 Å². The van der Waals surface area contributed by atoms with Gasteiger partial charge in [-0.05, 0) is 30.3 Å². The van der Waals surface area contributed by atoms with E-state index in [0.29, 0.717) is 28.1 Å². The van der Waals surface area contributed by atoms with Gasteiger partial charge < -0.3 is 23.9 Å². The minimum absolute atomic E-state index is 0.0665. The summed E-state index contributed by atoms with van der Waals surface area (Å²) in [7, 11) is 4.59. The molecule has 1 heterocycles. The molecule has 0 radical (unpaired) electrons. The number of thioether (sulfide) groups is 1. The van der Waals surface area contributed by atoms with Crippen LogP contribution in [0.25, 0.3) is 11.5 Å². The van der Waals surface area contributed by atoms with Gasteiger partial charge in [-0.2, -0.15) is 0 Å². The quantitative estimate of drug-likeness (QED) is 0.527. The first kappa shape index (κ1) is 20.8. The van der Waals surface area contributed by atoms with Crippen molar-refractivity contribution in [3.63, 3.8) is 0 Å².